The first kappa shape index (κ1) is 11.5. The van der Waals surface area contributed by atoms with Crippen molar-refractivity contribution in [2.75, 3.05) is 6.16 Å². The molecule has 0 bridgehead atoms. The van der Waals surface area contributed by atoms with Crippen molar-refractivity contribution in [2.24, 2.45) is 0 Å². The second kappa shape index (κ2) is 4.29. The van der Waals surface area contributed by atoms with Crippen molar-refractivity contribution in [3.05, 3.63) is 29.3 Å². The summed E-state index contributed by atoms with van der Waals surface area (Å²) >= 11 is 10.1. The maximum absolute atomic E-state index is 6.45. The van der Waals surface area contributed by atoms with Gasteiger partial charge in [-0.3, -0.25) is 0 Å². The summed E-state index contributed by atoms with van der Waals surface area (Å²) in [6.07, 6.45) is 1.01. The van der Waals surface area contributed by atoms with Crippen LogP contribution >= 0.6 is 32.0 Å². The van der Waals surface area contributed by atoms with Gasteiger partial charge in [0.15, 0.2) is 0 Å². The first-order valence-corrected chi connectivity index (χ1v) is 9.90. The monoisotopic (exact) mass is 280 g/mol. The van der Waals surface area contributed by atoms with E-state index in [0.29, 0.717) is 0 Å². The van der Waals surface area contributed by atoms with Gasteiger partial charge in [-0.05, 0) is 0 Å². The first-order valence-electron chi connectivity index (χ1n) is 4.42. The summed E-state index contributed by atoms with van der Waals surface area (Å²) in [7, 11) is 0. The average molecular weight is 282 g/mol. The van der Waals surface area contributed by atoms with Gasteiger partial charge >= 0.3 is 93.6 Å². The van der Waals surface area contributed by atoms with Crippen LogP contribution in [0.1, 0.15) is 18.1 Å². The van der Waals surface area contributed by atoms with Crippen LogP contribution in [0.5, 0.6) is 0 Å². The van der Waals surface area contributed by atoms with Crippen LogP contribution in [0.15, 0.2) is 18.2 Å². The van der Waals surface area contributed by atoms with Gasteiger partial charge in [0.2, 0.25) is 0 Å². The quantitative estimate of drug-likeness (QED) is 0.714. The van der Waals surface area contributed by atoms with Crippen LogP contribution in [0.25, 0.3) is 0 Å². The van der Waals surface area contributed by atoms with Crippen LogP contribution in [0, 0.1) is 13.8 Å². The van der Waals surface area contributed by atoms with Gasteiger partial charge in [-0.1, -0.05) is 0 Å². The zero-order valence-electron chi connectivity index (χ0n) is 8.20. The zero-order valence-corrected chi connectivity index (χ0v) is 11.5. The van der Waals surface area contributed by atoms with E-state index >= 15 is 0 Å². The summed E-state index contributed by atoms with van der Waals surface area (Å²) in [5.41, 5.74) is 2.58. The van der Waals surface area contributed by atoms with Crippen LogP contribution in [0.4, 0.5) is 0 Å². The Labute approximate surface area is 93.6 Å². The Morgan fingerprint density at radius 1 is 1.23 bits per heavy atom. The van der Waals surface area contributed by atoms with Crippen molar-refractivity contribution in [3.63, 3.8) is 0 Å². The van der Waals surface area contributed by atoms with Gasteiger partial charge in [0, 0.05) is 0 Å². The number of aryl methyl sites for hydroxylation is 2. The molecule has 0 N–H and O–H groups in total. The topological polar surface area (TPSA) is 0 Å². The van der Waals surface area contributed by atoms with Gasteiger partial charge in [0.1, 0.15) is 0 Å². The number of hydrogen-bond acceptors (Lipinski definition) is 0. The first-order chi connectivity index (χ1) is 5.95. The van der Waals surface area contributed by atoms with Crippen molar-refractivity contribution >= 4 is 37.4 Å². The third-order valence-corrected chi connectivity index (χ3v) is 8.62. The third kappa shape index (κ3) is 2.94. The molecule has 0 aliphatic carbocycles. The predicted molar refractivity (Wildman–Crippen MR) is 69.2 cm³/mol. The van der Waals surface area contributed by atoms with E-state index in [0.717, 1.165) is 6.16 Å². The number of rotatable bonds is 2. The molecule has 0 aliphatic heterocycles. The molecule has 3 heteroatoms. The number of benzene rings is 1. The van der Waals surface area contributed by atoms with Crippen LogP contribution in [0.2, 0.25) is 0 Å². The molecule has 0 heterocycles. The molecule has 0 atom stereocenters. The van der Waals surface area contributed by atoms with Crippen molar-refractivity contribution in [2.45, 2.75) is 20.8 Å². The van der Waals surface area contributed by atoms with Crippen LogP contribution in [-0.2, 0) is 0 Å². The van der Waals surface area contributed by atoms with E-state index in [1.807, 2.05) is 0 Å². The molecule has 0 aliphatic rings. The average Bonchev–Trinajstić information content (AvgIpc) is 2.02. The SMILES string of the molecule is CC[PH](Cl)(Br)c1cc(C)cc(C)c1. The molecule has 1 rings (SSSR count). The van der Waals surface area contributed by atoms with Crippen LogP contribution in [0.3, 0.4) is 0 Å². The molecule has 74 valence electrons. The molecule has 0 saturated heterocycles. The number of hydrogen-bond donors (Lipinski definition) is 0. The molecular formula is C10H15BrClP. The Morgan fingerprint density at radius 2 is 1.69 bits per heavy atom. The van der Waals surface area contributed by atoms with E-state index in [2.05, 4.69) is 54.5 Å². The summed E-state index contributed by atoms with van der Waals surface area (Å²) in [4.78, 5) is 0. The van der Waals surface area contributed by atoms with Crippen molar-refractivity contribution in [3.8, 4) is 0 Å². The van der Waals surface area contributed by atoms with E-state index in [1.165, 1.54) is 16.4 Å². The molecule has 0 fully saturated rings. The minimum atomic E-state index is -1.83. The van der Waals surface area contributed by atoms with Gasteiger partial charge in [0.25, 0.3) is 0 Å². The molecule has 0 unspecified atom stereocenters. The molecule has 0 amide bonds. The van der Waals surface area contributed by atoms with Crippen molar-refractivity contribution < 1.29 is 0 Å². The normalized spacial score (nSPS) is 13.0. The Hall–Kier alpha value is 0.420. The molecule has 0 saturated carbocycles. The molecule has 0 radical (unpaired) electrons. The summed E-state index contributed by atoms with van der Waals surface area (Å²) in [6.45, 7) is 6.35. The van der Waals surface area contributed by atoms with E-state index < -0.39 is 5.32 Å². The second-order valence-corrected chi connectivity index (χ2v) is 13.5. The Bertz CT molecular complexity index is 290. The van der Waals surface area contributed by atoms with E-state index in [9.17, 15) is 0 Å². The van der Waals surface area contributed by atoms with Gasteiger partial charge in [-0.15, -0.1) is 0 Å². The van der Waals surface area contributed by atoms with Gasteiger partial charge in [-0.2, -0.15) is 0 Å². The summed E-state index contributed by atoms with van der Waals surface area (Å²) in [6, 6.07) is 6.54. The molecule has 1 aromatic carbocycles. The fourth-order valence-corrected chi connectivity index (χ4v) is 3.69. The molecule has 0 spiro atoms. The standard InChI is InChI=1S/C10H15BrClP/c1-4-13(11,12)10-6-8(2)5-9(3)7-10/h5-7,13H,4H2,1-3H3. The van der Waals surface area contributed by atoms with E-state index in [1.54, 1.807) is 0 Å². The molecule has 1 aromatic rings. The van der Waals surface area contributed by atoms with E-state index in [-0.39, 0.29) is 0 Å². The van der Waals surface area contributed by atoms with Crippen molar-refractivity contribution in [1.29, 1.82) is 0 Å². The maximum atomic E-state index is 6.45. The zero-order chi connectivity index (χ0) is 10.1. The molecular weight excluding hydrogens is 266 g/mol. The predicted octanol–water partition coefficient (Wildman–Crippen LogP) is 4.16. The van der Waals surface area contributed by atoms with Crippen LogP contribution in [-0.4, -0.2) is 6.16 Å². The molecule has 13 heavy (non-hydrogen) atoms. The third-order valence-electron chi connectivity index (χ3n) is 2.09. The number of halogens is 2. The fraction of sp³-hybridized carbons (Fsp3) is 0.400. The fourth-order valence-electron chi connectivity index (χ4n) is 1.39. The molecule has 0 nitrogen and oxygen atoms in total. The summed E-state index contributed by atoms with van der Waals surface area (Å²) < 4.78 is 0. The summed E-state index contributed by atoms with van der Waals surface area (Å²) in [5.74, 6) is 0. The van der Waals surface area contributed by atoms with Gasteiger partial charge in [0.05, 0.1) is 0 Å². The van der Waals surface area contributed by atoms with E-state index in [4.69, 9.17) is 11.2 Å². The summed E-state index contributed by atoms with van der Waals surface area (Å²) in [5, 5.41) is -0.545. The Kier molecular flexibility index (Phi) is 3.80. The van der Waals surface area contributed by atoms with Gasteiger partial charge in [-0.25, -0.2) is 0 Å². The van der Waals surface area contributed by atoms with Crippen LogP contribution < -0.4 is 5.30 Å². The minimum absolute atomic E-state index is 1.01. The van der Waals surface area contributed by atoms with Gasteiger partial charge < -0.3 is 0 Å². The Balaban J connectivity index is 3.15. The Morgan fingerprint density at radius 3 is 2.08 bits per heavy atom. The second-order valence-electron chi connectivity index (χ2n) is 3.43. The van der Waals surface area contributed by atoms with Crippen molar-refractivity contribution in [1.82, 2.24) is 0 Å². The molecule has 0 aromatic heterocycles.